The van der Waals surface area contributed by atoms with Crippen LogP contribution in [0.3, 0.4) is 0 Å². The second-order valence-electron chi connectivity index (χ2n) is 5.48. The minimum Gasteiger partial charge on any atom is -0.354 e. The van der Waals surface area contributed by atoms with E-state index in [2.05, 4.69) is 25.6 Å². The summed E-state index contributed by atoms with van der Waals surface area (Å²) >= 11 is 0. The van der Waals surface area contributed by atoms with Crippen molar-refractivity contribution < 1.29 is 4.79 Å². The zero-order valence-electron chi connectivity index (χ0n) is 12.8. The van der Waals surface area contributed by atoms with Crippen LogP contribution in [0.5, 0.6) is 0 Å². The van der Waals surface area contributed by atoms with Crippen LogP contribution in [0.1, 0.15) is 24.2 Å². The first kappa shape index (κ1) is 14.4. The van der Waals surface area contributed by atoms with Gasteiger partial charge in [0.05, 0.1) is 5.69 Å². The quantitative estimate of drug-likeness (QED) is 0.903. The number of nitrogens with one attached hydrogen (secondary N) is 2. The van der Waals surface area contributed by atoms with Gasteiger partial charge in [-0.3, -0.25) is 9.78 Å². The highest BCUT2D eigenvalue weighted by Gasteiger charge is 2.22. The lowest BCUT2D eigenvalue weighted by Crippen LogP contribution is -2.44. The van der Waals surface area contributed by atoms with Crippen LogP contribution in [-0.4, -0.2) is 33.4 Å². The van der Waals surface area contributed by atoms with E-state index in [9.17, 15) is 4.79 Å². The predicted octanol–water partition coefficient (Wildman–Crippen LogP) is 1.85. The van der Waals surface area contributed by atoms with Crippen LogP contribution in [0.2, 0.25) is 0 Å². The SMILES string of the molecule is Cc1ccc(-c2ccnc(N[C@H]3CCCNC3=O)n2)c(C)n1. The number of nitrogens with zero attached hydrogens (tertiary/aromatic N) is 3. The highest BCUT2D eigenvalue weighted by atomic mass is 16.2. The molecule has 3 rings (SSSR count). The molecule has 114 valence electrons. The van der Waals surface area contributed by atoms with Gasteiger partial charge in [0.25, 0.3) is 0 Å². The predicted molar refractivity (Wildman–Crippen MR) is 84.4 cm³/mol. The van der Waals surface area contributed by atoms with Crippen LogP contribution in [0.15, 0.2) is 24.4 Å². The summed E-state index contributed by atoms with van der Waals surface area (Å²) in [6, 6.07) is 5.57. The van der Waals surface area contributed by atoms with E-state index in [0.29, 0.717) is 5.95 Å². The number of pyridine rings is 1. The maximum atomic E-state index is 11.8. The van der Waals surface area contributed by atoms with E-state index in [1.54, 1.807) is 6.20 Å². The highest BCUT2D eigenvalue weighted by Crippen LogP contribution is 2.21. The number of anilines is 1. The Morgan fingerprint density at radius 1 is 1.23 bits per heavy atom. The Morgan fingerprint density at radius 2 is 2.09 bits per heavy atom. The zero-order valence-corrected chi connectivity index (χ0v) is 12.8. The summed E-state index contributed by atoms with van der Waals surface area (Å²) in [6.45, 7) is 4.67. The number of aromatic nitrogens is 3. The molecule has 6 heteroatoms. The van der Waals surface area contributed by atoms with Crippen molar-refractivity contribution in [2.75, 3.05) is 11.9 Å². The minimum atomic E-state index is -0.263. The molecule has 1 saturated heterocycles. The van der Waals surface area contributed by atoms with Gasteiger partial charge in [0, 0.05) is 29.7 Å². The number of amides is 1. The molecule has 1 amide bonds. The molecular weight excluding hydrogens is 278 g/mol. The number of hydrogen-bond donors (Lipinski definition) is 2. The van der Waals surface area contributed by atoms with Crippen LogP contribution in [0.4, 0.5) is 5.95 Å². The van der Waals surface area contributed by atoms with E-state index in [1.807, 2.05) is 32.0 Å². The van der Waals surface area contributed by atoms with Gasteiger partial charge in [-0.25, -0.2) is 9.97 Å². The van der Waals surface area contributed by atoms with Gasteiger partial charge in [0.1, 0.15) is 6.04 Å². The standard InChI is InChI=1S/C16H19N5O/c1-10-5-6-12(11(2)19-10)13-7-9-18-16(20-13)21-14-4-3-8-17-15(14)22/h5-7,9,14H,3-4,8H2,1-2H3,(H,17,22)(H,18,20,21)/t14-/m0/s1. The topological polar surface area (TPSA) is 79.8 Å². The summed E-state index contributed by atoms with van der Waals surface area (Å²) in [7, 11) is 0. The van der Waals surface area contributed by atoms with E-state index in [-0.39, 0.29) is 11.9 Å². The molecule has 3 heterocycles. The Balaban J connectivity index is 1.84. The van der Waals surface area contributed by atoms with E-state index in [4.69, 9.17) is 0 Å². The first-order valence-corrected chi connectivity index (χ1v) is 7.45. The third-order valence-corrected chi connectivity index (χ3v) is 3.75. The van der Waals surface area contributed by atoms with Gasteiger partial charge in [-0.15, -0.1) is 0 Å². The molecule has 0 spiro atoms. The van der Waals surface area contributed by atoms with E-state index in [1.165, 1.54) is 0 Å². The van der Waals surface area contributed by atoms with Crippen molar-refractivity contribution >= 4 is 11.9 Å². The molecule has 2 aromatic heterocycles. The van der Waals surface area contributed by atoms with Crippen LogP contribution >= 0.6 is 0 Å². The second kappa shape index (κ2) is 6.09. The Kier molecular flexibility index (Phi) is 4.00. The third-order valence-electron chi connectivity index (χ3n) is 3.75. The first-order chi connectivity index (χ1) is 10.6. The average molecular weight is 297 g/mol. The van der Waals surface area contributed by atoms with Gasteiger partial charge in [0.15, 0.2) is 0 Å². The van der Waals surface area contributed by atoms with Crippen LogP contribution in [0.25, 0.3) is 11.3 Å². The zero-order chi connectivity index (χ0) is 15.5. The maximum Gasteiger partial charge on any atom is 0.242 e. The van der Waals surface area contributed by atoms with E-state index >= 15 is 0 Å². The minimum absolute atomic E-state index is 0.00781. The molecule has 22 heavy (non-hydrogen) atoms. The number of aryl methyl sites for hydroxylation is 2. The third kappa shape index (κ3) is 3.05. The molecule has 0 saturated carbocycles. The summed E-state index contributed by atoms with van der Waals surface area (Å²) < 4.78 is 0. The van der Waals surface area contributed by atoms with Crippen molar-refractivity contribution in [2.24, 2.45) is 0 Å². The van der Waals surface area contributed by atoms with Gasteiger partial charge in [0.2, 0.25) is 11.9 Å². The Morgan fingerprint density at radius 3 is 2.86 bits per heavy atom. The van der Waals surface area contributed by atoms with Gasteiger partial charge in [-0.2, -0.15) is 0 Å². The Hall–Kier alpha value is -2.50. The second-order valence-corrected chi connectivity index (χ2v) is 5.48. The number of carbonyl (C=O) groups excluding carboxylic acids is 1. The number of piperidine rings is 1. The van der Waals surface area contributed by atoms with Crippen molar-refractivity contribution in [2.45, 2.75) is 32.7 Å². The van der Waals surface area contributed by atoms with E-state index < -0.39 is 0 Å². The molecule has 2 aromatic rings. The lowest BCUT2D eigenvalue weighted by molar-refractivity contribution is -0.123. The monoisotopic (exact) mass is 297 g/mol. The van der Waals surface area contributed by atoms with Crippen molar-refractivity contribution in [1.29, 1.82) is 0 Å². The van der Waals surface area contributed by atoms with Crippen molar-refractivity contribution in [3.63, 3.8) is 0 Å². The molecule has 1 aliphatic rings. The molecule has 0 unspecified atom stereocenters. The summed E-state index contributed by atoms with van der Waals surface area (Å²) in [4.78, 5) is 25.0. The number of rotatable bonds is 3. The van der Waals surface area contributed by atoms with Gasteiger partial charge in [-0.1, -0.05) is 0 Å². The molecule has 1 fully saturated rings. The molecule has 0 aromatic carbocycles. The molecular formula is C16H19N5O. The van der Waals surface area contributed by atoms with Gasteiger partial charge < -0.3 is 10.6 Å². The van der Waals surface area contributed by atoms with Crippen molar-refractivity contribution in [3.05, 3.63) is 35.8 Å². The Bertz CT molecular complexity index is 701. The smallest absolute Gasteiger partial charge is 0.242 e. The van der Waals surface area contributed by atoms with Crippen molar-refractivity contribution in [1.82, 2.24) is 20.3 Å². The molecule has 0 bridgehead atoms. The fraction of sp³-hybridized carbons (Fsp3) is 0.375. The summed E-state index contributed by atoms with van der Waals surface area (Å²) in [6.07, 6.45) is 3.46. The van der Waals surface area contributed by atoms with E-state index in [0.717, 1.165) is 42.0 Å². The summed E-state index contributed by atoms with van der Waals surface area (Å²) in [5, 5.41) is 5.96. The van der Waals surface area contributed by atoms with Crippen LogP contribution in [0, 0.1) is 13.8 Å². The normalized spacial score (nSPS) is 17.9. The molecule has 0 radical (unpaired) electrons. The summed E-state index contributed by atoms with van der Waals surface area (Å²) in [5.74, 6) is 0.480. The molecule has 1 aliphatic heterocycles. The van der Waals surface area contributed by atoms with Crippen LogP contribution < -0.4 is 10.6 Å². The summed E-state index contributed by atoms with van der Waals surface area (Å²) in [5.41, 5.74) is 3.69. The lowest BCUT2D eigenvalue weighted by atomic mass is 10.1. The fourth-order valence-electron chi connectivity index (χ4n) is 2.60. The lowest BCUT2D eigenvalue weighted by Gasteiger charge is -2.22. The van der Waals surface area contributed by atoms with Crippen LogP contribution in [-0.2, 0) is 4.79 Å². The largest absolute Gasteiger partial charge is 0.354 e. The fourth-order valence-corrected chi connectivity index (χ4v) is 2.60. The molecule has 0 aliphatic carbocycles. The Labute approximate surface area is 129 Å². The van der Waals surface area contributed by atoms with Gasteiger partial charge >= 0.3 is 0 Å². The first-order valence-electron chi connectivity index (χ1n) is 7.45. The highest BCUT2D eigenvalue weighted by molar-refractivity contribution is 5.84. The van der Waals surface area contributed by atoms with Crippen molar-refractivity contribution in [3.8, 4) is 11.3 Å². The molecule has 2 N–H and O–H groups in total. The average Bonchev–Trinajstić information content (AvgIpc) is 2.50. The number of carbonyl (C=O) groups is 1. The number of hydrogen-bond acceptors (Lipinski definition) is 5. The molecule has 1 atom stereocenters. The van der Waals surface area contributed by atoms with Gasteiger partial charge in [-0.05, 0) is 44.9 Å². The molecule has 6 nitrogen and oxygen atoms in total. The maximum absolute atomic E-state index is 11.8.